The van der Waals surface area contributed by atoms with Crippen LogP contribution in [0.2, 0.25) is 0 Å². The zero-order valence-corrected chi connectivity index (χ0v) is 10.9. The zero-order chi connectivity index (χ0) is 12.0. The molecule has 3 N–H and O–H groups in total. The van der Waals surface area contributed by atoms with Gasteiger partial charge in [-0.25, -0.2) is 0 Å². The molecule has 0 saturated heterocycles. The molecule has 3 atom stereocenters. The summed E-state index contributed by atoms with van der Waals surface area (Å²) in [5.41, 5.74) is 5.47. The van der Waals surface area contributed by atoms with Gasteiger partial charge in [0.1, 0.15) is 0 Å². The lowest BCUT2D eigenvalue weighted by atomic mass is 10.2. The van der Waals surface area contributed by atoms with Crippen molar-refractivity contribution in [2.24, 2.45) is 5.73 Å². The van der Waals surface area contributed by atoms with E-state index in [-0.39, 0.29) is 12.0 Å². The van der Waals surface area contributed by atoms with E-state index < -0.39 is 0 Å². The largest absolute Gasteiger partial charge is 0.380 e. The number of ether oxygens (including phenoxy) is 1. The molecule has 4 nitrogen and oxygen atoms in total. The number of thioether (sulfide) groups is 1. The molecule has 1 fully saturated rings. The Hall–Kier alpha value is -0.260. The number of amides is 1. The first-order chi connectivity index (χ1) is 7.69. The van der Waals surface area contributed by atoms with E-state index in [0.717, 1.165) is 12.8 Å². The topological polar surface area (TPSA) is 64.3 Å². The van der Waals surface area contributed by atoms with Crippen molar-refractivity contribution in [3.63, 3.8) is 0 Å². The van der Waals surface area contributed by atoms with Crippen LogP contribution in [0.15, 0.2) is 0 Å². The molecule has 1 aliphatic rings. The third-order valence-electron chi connectivity index (χ3n) is 3.09. The fraction of sp³-hybridized carbons (Fsp3) is 0.909. The highest BCUT2D eigenvalue weighted by Crippen LogP contribution is 2.28. The van der Waals surface area contributed by atoms with Crippen LogP contribution in [0, 0.1) is 0 Å². The SMILES string of the molecule is COC(CN)CC(=O)NC1CCC(SC)C1. The Morgan fingerprint density at radius 1 is 1.62 bits per heavy atom. The predicted octanol–water partition coefficient (Wildman–Crippen LogP) is 0.751. The molecule has 1 saturated carbocycles. The van der Waals surface area contributed by atoms with Crippen molar-refractivity contribution in [2.75, 3.05) is 19.9 Å². The molecule has 0 aromatic heterocycles. The molecule has 0 heterocycles. The third kappa shape index (κ3) is 4.31. The van der Waals surface area contributed by atoms with Gasteiger partial charge in [-0.05, 0) is 25.5 Å². The van der Waals surface area contributed by atoms with E-state index in [1.165, 1.54) is 6.42 Å². The number of rotatable bonds is 6. The van der Waals surface area contributed by atoms with E-state index >= 15 is 0 Å². The monoisotopic (exact) mass is 246 g/mol. The minimum Gasteiger partial charge on any atom is -0.380 e. The lowest BCUT2D eigenvalue weighted by Gasteiger charge is -2.16. The van der Waals surface area contributed by atoms with Crippen molar-refractivity contribution in [1.82, 2.24) is 5.32 Å². The van der Waals surface area contributed by atoms with Gasteiger partial charge in [0.15, 0.2) is 0 Å². The fourth-order valence-corrected chi connectivity index (χ4v) is 2.84. The van der Waals surface area contributed by atoms with Crippen LogP contribution in [0.5, 0.6) is 0 Å². The van der Waals surface area contributed by atoms with Crippen LogP contribution in [-0.4, -0.2) is 43.2 Å². The van der Waals surface area contributed by atoms with Gasteiger partial charge in [0, 0.05) is 24.9 Å². The van der Waals surface area contributed by atoms with Crippen molar-refractivity contribution < 1.29 is 9.53 Å². The number of hydrogen-bond acceptors (Lipinski definition) is 4. The van der Waals surface area contributed by atoms with Crippen LogP contribution in [0.1, 0.15) is 25.7 Å². The maximum Gasteiger partial charge on any atom is 0.222 e. The molecule has 0 aliphatic heterocycles. The number of nitrogens with two attached hydrogens (primary N) is 1. The van der Waals surface area contributed by atoms with E-state index in [2.05, 4.69) is 11.6 Å². The summed E-state index contributed by atoms with van der Waals surface area (Å²) in [4.78, 5) is 11.7. The summed E-state index contributed by atoms with van der Waals surface area (Å²) in [7, 11) is 1.59. The highest BCUT2D eigenvalue weighted by molar-refractivity contribution is 7.99. The van der Waals surface area contributed by atoms with Crippen LogP contribution in [0.3, 0.4) is 0 Å². The molecule has 94 valence electrons. The van der Waals surface area contributed by atoms with Crippen molar-refractivity contribution >= 4 is 17.7 Å². The molecule has 1 amide bonds. The standard InChI is InChI=1S/C11H22N2O2S/c1-15-9(7-12)6-11(14)13-8-3-4-10(5-8)16-2/h8-10H,3-7,12H2,1-2H3,(H,13,14). The lowest BCUT2D eigenvalue weighted by molar-refractivity contribution is -0.124. The summed E-state index contributed by atoms with van der Waals surface area (Å²) in [6, 6.07) is 0.347. The average molecular weight is 246 g/mol. The molecule has 16 heavy (non-hydrogen) atoms. The van der Waals surface area contributed by atoms with E-state index in [1.54, 1.807) is 7.11 Å². The summed E-state index contributed by atoms with van der Waals surface area (Å²) >= 11 is 1.89. The zero-order valence-electron chi connectivity index (χ0n) is 10.1. The highest BCUT2D eigenvalue weighted by Gasteiger charge is 2.25. The van der Waals surface area contributed by atoms with Gasteiger partial charge in [-0.2, -0.15) is 11.8 Å². The van der Waals surface area contributed by atoms with Gasteiger partial charge in [0.2, 0.25) is 5.91 Å². The second-order valence-corrected chi connectivity index (χ2v) is 5.37. The van der Waals surface area contributed by atoms with Crippen LogP contribution >= 0.6 is 11.8 Å². The number of methoxy groups -OCH3 is 1. The third-order valence-corrected chi connectivity index (χ3v) is 4.19. The summed E-state index contributed by atoms with van der Waals surface area (Å²) in [6.07, 6.45) is 5.73. The van der Waals surface area contributed by atoms with Gasteiger partial charge in [0.25, 0.3) is 0 Å². The van der Waals surface area contributed by atoms with Gasteiger partial charge >= 0.3 is 0 Å². The van der Waals surface area contributed by atoms with Gasteiger partial charge in [-0.1, -0.05) is 0 Å². The second-order valence-electron chi connectivity index (χ2n) is 4.23. The first-order valence-electron chi connectivity index (χ1n) is 5.74. The summed E-state index contributed by atoms with van der Waals surface area (Å²) in [5.74, 6) is 0.0593. The van der Waals surface area contributed by atoms with Crippen LogP contribution in [0.25, 0.3) is 0 Å². The minimum atomic E-state index is -0.155. The summed E-state index contributed by atoms with van der Waals surface area (Å²) in [6.45, 7) is 0.391. The lowest BCUT2D eigenvalue weighted by Crippen LogP contribution is -2.37. The number of nitrogens with one attached hydrogen (secondary N) is 1. The van der Waals surface area contributed by atoms with Gasteiger partial charge in [-0.15, -0.1) is 0 Å². The number of carbonyl (C=O) groups excluding carboxylic acids is 1. The normalized spacial score (nSPS) is 26.7. The molecule has 3 unspecified atom stereocenters. The van der Waals surface area contributed by atoms with E-state index in [4.69, 9.17) is 10.5 Å². The number of carbonyl (C=O) groups is 1. The van der Waals surface area contributed by atoms with Gasteiger partial charge in [-0.3, -0.25) is 4.79 Å². The Balaban J connectivity index is 2.24. The highest BCUT2D eigenvalue weighted by atomic mass is 32.2. The van der Waals surface area contributed by atoms with E-state index in [1.807, 2.05) is 11.8 Å². The van der Waals surface area contributed by atoms with Crippen molar-refractivity contribution in [2.45, 2.75) is 43.1 Å². The Morgan fingerprint density at radius 2 is 2.38 bits per heavy atom. The van der Waals surface area contributed by atoms with E-state index in [9.17, 15) is 4.79 Å². The maximum absolute atomic E-state index is 11.7. The Labute approximate surface area is 102 Å². The smallest absolute Gasteiger partial charge is 0.222 e. The Bertz CT molecular complexity index is 222. The summed E-state index contributed by atoms with van der Waals surface area (Å²) < 4.78 is 5.09. The molecular formula is C11H22N2O2S. The predicted molar refractivity (Wildman–Crippen MR) is 67.6 cm³/mol. The Kier molecular flexibility index (Phi) is 6.16. The van der Waals surface area contributed by atoms with Crippen LogP contribution in [0.4, 0.5) is 0 Å². The van der Waals surface area contributed by atoms with E-state index in [0.29, 0.717) is 24.3 Å². The fourth-order valence-electron chi connectivity index (χ4n) is 2.04. The van der Waals surface area contributed by atoms with Crippen LogP contribution < -0.4 is 11.1 Å². The molecule has 0 aromatic carbocycles. The molecule has 0 radical (unpaired) electrons. The van der Waals surface area contributed by atoms with Crippen molar-refractivity contribution in [1.29, 1.82) is 0 Å². The minimum absolute atomic E-state index is 0.0593. The van der Waals surface area contributed by atoms with Crippen LogP contribution in [-0.2, 0) is 9.53 Å². The first kappa shape index (κ1) is 13.8. The molecular weight excluding hydrogens is 224 g/mol. The quantitative estimate of drug-likeness (QED) is 0.726. The number of hydrogen-bond donors (Lipinski definition) is 2. The average Bonchev–Trinajstić information content (AvgIpc) is 2.73. The molecule has 1 rings (SSSR count). The van der Waals surface area contributed by atoms with Gasteiger partial charge < -0.3 is 15.8 Å². The Morgan fingerprint density at radius 3 is 2.88 bits per heavy atom. The molecule has 1 aliphatic carbocycles. The van der Waals surface area contributed by atoms with Gasteiger partial charge in [0.05, 0.1) is 12.5 Å². The maximum atomic E-state index is 11.7. The molecule has 0 aromatic rings. The van der Waals surface area contributed by atoms with Crippen molar-refractivity contribution in [3.8, 4) is 0 Å². The second kappa shape index (κ2) is 7.14. The van der Waals surface area contributed by atoms with Crippen molar-refractivity contribution in [3.05, 3.63) is 0 Å². The molecule has 0 bridgehead atoms. The molecule has 5 heteroatoms. The first-order valence-corrected chi connectivity index (χ1v) is 7.03. The molecule has 0 spiro atoms. The summed E-state index contributed by atoms with van der Waals surface area (Å²) in [5, 5.41) is 3.76.